The van der Waals surface area contributed by atoms with Crippen LogP contribution in [0.2, 0.25) is 0 Å². The van der Waals surface area contributed by atoms with Gasteiger partial charge in [0.25, 0.3) is 0 Å². The zero-order valence-electron chi connectivity index (χ0n) is 16.4. The van der Waals surface area contributed by atoms with Crippen LogP contribution in [0.3, 0.4) is 0 Å². The highest BCUT2D eigenvalue weighted by atomic mass is 16.3. The zero-order chi connectivity index (χ0) is 20.5. The Hall–Kier alpha value is -4.00. The molecular formula is C23H20N6O. The second kappa shape index (κ2) is 7.44. The molecule has 30 heavy (non-hydrogen) atoms. The monoisotopic (exact) mass is 396 g/mol. The van der Waals surface area contributed by atoms with Gasteiger partial charge >= 0.3 is 0 Å². The number of nitrogens with one attached hydrogen (secondary N) is 1. The second-order valence-electron chi connectivity index (χ2n) is 7.09. The molecule has 7 nitrogen and oxygen atoms in total. The van der Waals surface area contributed by atoms with Crippen LogP contribution in [0.15, 0.2) is 66.9 Å². The minimum Gasteiger partial charge on any atom is -0.494 e. The molecule has 5 aromatic rings. The highest BCUT2D eigenvalue weighted by Gasteiger charge is 2.16. The molecule has 3 heterocycles. The second-order valence-corrected chi connectivity index (χ2v) is 7.09. The minimum absolute atomic E-state index is 0.265. The van der Waals surface area contributed by atoms with Crippen molar-refractivity contribution in [2.24, 2.45) is 0 Å². The van der Waals surface area contributed by atoms with Crippen molar-refractivity contribution in [3.63, 3.8) is 0 Å². The number of hydrogen-bond donors (Lipinski definition) is 2. The Kier molecular flexibility index (Phi) is 4.48. The Morgan fingerprint density at radius 1 is 0.967 bits per heavy atom. The number of aromatic hydroxyl groups is 1. The van der Waals surface area contributed by atoms with Crippen molar-refractivity contribution in [3.8, 4) is 28.4 Å². The van der Waals surface area contributed by atoms with E-state index in [-0.39, 0.29) is 5.88 Å². The molecule has 3 aromatic heterocycles. The van der Waals surface area contributed by atoms with E-state index in [2.05, 4.69) is 56.8 Å². The largest absolute Gasteiger partial charge is 0.494 e. The lowest BCUT2D eigenvalue weighted by atomic mass is 9.98. The summed E-state index contributed by atoms with van der Waals surface area (Å²) in [4.78, 5) is 4.46. The first kappa shape index (κ1) is 18.1. The molecule has 0 saturated carbocycles. The lowest BCUT2D eigenvalue weighted by molar-refractivity contribution is 0.426. The first-order chi connectivity index (χ1) is 14.8. The molecule has 0 aliphatic heterocycles. The maximum atomic E-state index is 10.7. The fourth-order valence-corrected chi connectivity index (χ4v) is 3.92. The zero-order valence-corrected chi connectivity index (χ0v) is 16.4. The molecule has 0 atom stereocenters. The summed E-state index contributed by atoms with van der Waals surface area (Å²) in [6, 6.07) is 20.1. The lowest BCUT2D eigenvalue weighted by Gasteiger charge is -2.11. The third-order valence-electron chi connectivity index (χ3n) is 5.36. The number of aromatic amines is 1. The highest BCUT2D eigenvalue weighted by Crippen LogP contribution is 2.32. The van der Waals surface area contributed by atoms with Gasteiger partial charge in [-0.3, -0.25) is 4.98 Å². The van der Waals surface area contributed by atoms with Gasteiger partial charge in [-0.2, -0.15) is 5.21 Å². The molecule has 7 heteroatoms. The summed E-state index contributed by atoms with van der Waals surface area (Å²) < 4.78 is 1.94. The van der Waals surface area contributed by atoms with Gasteiger partial charge in [0.15, 0.2) is 0 Å². The number of rotatable bonds is 5. The number of pyridine rings is 1. The van der Waals surface area contributed by atoms with Gasteiger partial charge in [-0.1, -0.05) is 55.5 Å². The third kappa shape index (κ3) is 3.00. The minimum atomic E-state index is 0.265. The number of aryl methyl sites for hydroxylation is 1. The molecule has 0 aliphatic carbocycles. The predicted octanol–water partition coefficient (Wildman–Crippen LogP) is 4.20. The Morgan fingerprint density at radius 2 is 1.77 bits per heavy atom. The average Bonchev–Trinajstić information content (AvgIpc) is 3.42. The smallest absolute Gasteiger partial charge is 0.205 e. The lowest BCUT2D eigenvalue weighted by Crippen LogP contribution is -2.03. The fraction of sp³-hybridized carbons (Fsp3) is 0.130. The molecular weight excluding hydrogens is 376 g/mol. The number of fused-ring (bicyclic) bond motifs is 1. The van der Waals surface area contributed by atoms with Crippen molar-refractivity contribution < 1.29 is 5.11 Å². The van der Waals surface area contributed by atoms with Gasteiger partial charge in [0.1, 0.15) is 0 Å². The van der Waals surface area contributed by atoms with Gasteiger partial charge in [-0.25, -0.2) is 0 Å². The Morgan fingerprint density at radius 3 is 2.50 bits per heavy atom. The predicted molar refractivity (Wildman–Crippen MR) is 115 cm³/mol. The van der Waals surface area contributed by atoms with E-state index in [1.165, 1.54) is 0 Å². The molecule has 5 rings (SSSR count). The number of H-pyrrole nitrogens is 1. The average molecular weight is 396 g/mol. The maximum Gasteiger partial charge on any atom is 0.205 e. The SMILES string of the molecule is CCc1c2ncccc2c(O)n1Cc1ccc(-c2ccccc2-c2nn[nH]n2)cc1. The highest BCUT2D eigenvalue weighted by molar-refractivity contribution is 5.87. The molecule has 2 N–H and O–H groups in total. The van der Waals surface area contributed by atoms with Crippen molar-refractivity contribution >= 4 is 10.9 Å². The molecule has 0 unspecified atom stereocenters. The summed E-state index contributed by atoms with van der Waals surface area (Å²) in [6.07, 6.45) is 2.56. The normalized spacial score (nSPS) is 11.2. The molecule has 0 spiro atoms. The molecule has 148 valence electrons. The van der Waals surface area contributed by atoms with Crippen LogP contribution in [0.25, 0.3) is 33.4 Å². The van der Waals surface area contributed by atoms with Crippen LogP contribution in [0.4, 0.5) is 0 Å². The van der Waals surface area contributed by atoms with Crippen molar-refractivity contribution in [1.29, 1.82) is 0 Å². The summed E-state index contributed by atoms with van der Waals surface area (Å²) in [7, 11) is 0. The quantitative estimate of drug-likeness (QED) is 0.464. The van der Waals surface area contributed by atoms with Gasteiger partial charge in [0.05, 0.1) is 17.4 Å². The summed E-state index contributed by atoms with van der Waals surface area (Å²) >= 11 is 0. The van der Waals surface area contributed by atoms with Gasteiger partial charge in [-0.05, 0) is 40.5 Å². The first-order valence-corrected chi connectivity index (χ1v) is 9.83. The van der Waals surface area contributed by atoms with E-state index in [0.29, 0.717) is 12.4 Å². The van der Waals surface area contributed by atoms with Crippen molar-refractivity contribution in [3.05, 3.63) is 78.1 Å². The van der Waals surface area contributed by atoms with Crippen LogP contribution in [0.1, 0.15) is 18.2 Å². The van der Waals surface area contributed by atoms with E-state index in [1.807, 2.05) is 41.0 Å². The van der Waals surface area contributed by atoms with E-state index >= 15 is 0 Å². The van der Waals surface area contributed by atoms with Crippen molar-refractivity contribution in [1.82, 2.24) is 30.2 Å². The van der Waals surface area contributed by atoms with Gasteiger partial charge in [-0.15, -0.1) is 10.2 Å². The first-order valence-electron chi connectivity index (χ1n) is 9.83. The standard InChI is InChI=1S/C23H20N6O/c1-2-20-21-19(8-5-13-24-21)23(30)29(20)14-15-9-11-16(12-10-15)17-6-3-4-7-18(17)22-25-27-28-26-22/h3-13,30H,2,14H2,1H3,(H,25,26,27,28). The number of hydrogen-bond acceptors (Lipinski definition) is 5. The molecule has 0 fully saturated rings. The molecule has 2 aromatic carbocycles. The van der Waals surface area contributed by atoms with Crippen molar-refractivity contribution in [2.45, 2.75) is 19.9 Å². The number of nitrogens with zero attached hydrogens (tertiary/aromatic N) is 5. The van der Waals surface area contributed by atoms with E-state index in [9.17, 15) is 5.11 Å². The van der Waals surface area contributed by atoms with E-state index in [1.54, 1.807) is 6.20 Å². The van der Waals surface area contributed by atoms with Crippen LogP contribution in [-0.4, -0.2) is 35.3 Å². The van der Waals surface area contributed by atoms with Crippen LogP contribution in [0.5, 0.6) is 5.88 Å². The molecule has 0 amide bonds. The maximum absolute atomic E-state index is 10.7. The summed E-state index contributed by atoms with van der Waals surface area (Å²) in [5.74, 6) is 0.834. The van der Waals surface area contributed by atoms with Crippen LogP contribution in [0, 0.1) is 0 Å². The topological polar surface area (TPSA) is 92.5 Å². The summed E-state index contributed by atoms with van der Waals surface area (Å²) in [6.45, 7) is 2.66. The Balaban J connectivity index is 1.49. The van der Waals surface area contributed by atoms with Gasteiger partial charge in [0.2, 0.25) is 11.7 Å². The van der Waals surface area contributed by atoms with Crippen LogP contribution in [-0.2, 0) is 13.0 Å². The molecule has 0 aliphatic rings. The van der Waals surface area contributed by atoms with Crippen LogP contribution < -0.4 is 0 Å². The molecule has 0 radical (unpaired) electrons. The summed E-state index contributed by atoms with van der Waals surface area (Å²) in [5, 5.41) is 25.9. The van der Waals surface area contributed by atoms with E-state index in [4.69, 9.17) is 0 Å². The van der Waals surface area contributed by atoms with E-state index < -0.39 is 0 Å². The third-order valence-corrected chi connectivity index (χ3v) is 5.36. The Labute approximate surface area is 173 Å². The van der Waals surface area contributed by atoms with Crippen LogP contribution >= 0.6 is 0 Å². The molecule has 0 bridgehead atoms. The number of tetrazole rings is 1. The van der Waals surface area contributed by atoms with Crippen molar-refractivity contribution in [2.75, 3.05) is 0 Å². The van der Waals surface area contributed by atoms with Gasteiger partial charge in [0, 0.05) is 17.5 Å². The Bertz CT molecular complexity index is 1310. The summed E-state index contributed by atoms with van der Waals surface area (Å²) in [5.41, 5.74) is 6.03. The number of aromatic nitrogens is 6. The van der Waals surface area contributed by atoms with Gasteiger partial charge < -0.3 is 9.67 Å². The molecule has 0 saturated heterocycles. The fourth-order valence-electron chi connectivity index (χ4n) is 3.92. The van der Waals surface area contributed by atoms with E-state index in [0.717, 1.165) is 45.3 Å². The number of benzene rings is 2.